The first-order valence-electron chi connectivity index (χ1n) is 19.4. The molecule has 1 aliphatic heterocycles. The van der Waals surface area contributed by atoms with Crippen LogP contribution in [0, 0.1) is 16.7 Å². The summed E-state index contributed by atoms with van der Waals surface area (Å²) in [6.07, 6.45) is 3.87. The van der Waals surface area contributed by atoms with Crippen LogP contribution in [0.3, 0.4) is 0 Å². The van der Waals surface area contributed by atoms with Crippen molar-refractivity contribution in [3.05, 3.63) is 41.5 Å². The van der Waals surface area contributed by atoms with Gasteiger partial charge in [-0.2, -0.15) is 8.78 Å². The number of ether oxygens (including phenoxy) is 2. The maximum Gasteiger partial charge on any atom is 0.410 e. The van der Waals surface area contributed by atoms with E-state index in [2.05, 4.69) is 10.6 Å². The van der Waals surface area contributed by atoms with Gasteiger partial charge in [0.05, 0.1) is 10.8 Å². The summed E-state index contributed by atoms with van der Waals surface area (Å²) in [7, 11) is -5.54. The van der Waals surface area contributed by atoms with Gasteiger partial charge in [0.25, 0.3) is 0 Å². The van der Waals surface area contributed by atoms with E-state index >= 15 is 8.78 Å². The van der Waals surface area contributed by atoms with Crippen molar-refractivity contribution in [2.24, 2.45) is 22.5 Å². The highest BCUT2D eigenvalue weighted by Crippen LogP contribution is 2.67. The second-order valence-electron chi connectivity index (χ2n) is 16.7. The number of nitrogens with zero attached hydrogens (tertiary/aromatic N) is 1. The first kappa shape index (κ1) is 49.9. The zero-order valence-corrected chi connectivity index (χ0v) is 36.2. The van der Waals surface area contributed by atoms with Crippen molar-refractivity contribution >= 4 is 48.7 Å². The number of primary amides is 1. The summed E-state index contributed by atoms with van der Waals surface area (Å²) in [5.41, 5.74) is -1.29. The number of unbranched alkanes of at least 4 members (excludes halogenated alkanes) is 1. The van der Waals surface area contributed by atoms with Crippen molar-refractivity contribution in [2.45, 2.75) is 132 Å². The third-order valence-electron chi connectivity index (χ3n) is 9.35. The molecule has 1 heterocycles. The predicted octanol–water partition coefficient (Wildman–Crippen LogP) is 6.14. The standard InChI is InChI=1S/C40H61F2N4O11P/c1-11-12-13-30(35(50)46-21-20-25(2)33(46)34(49)44-27(4)14-19-31(43)47)45-32(48)22-26(3)28-15-17-29(18-16-28)40(41,42)58(53,56-23-54-36(51)38(5,6)7)57-24-55-37(52)39(8,9)10/h15-18,22,25,27,30,33H,11-14,19-21,23-24H2,1-10H3,(H2,43,47)(H,44,49)(H,45,48)/b26-22+/t25?,27?,30-,33?/m0/s1. The van der Waals surface area contributed by atoms with Crippen molar-refractivity contribution in [2.75, 3.05) is 20.1 Å². The van der Waals surface area contributed by atoms with E-state index in [1.165, 1.54) is 64.7 Å². The van der Waals surface area contributed by atoms with Gasteiger partial charge in [0.2, 0.25) is 37.2 Å². The lowest BCUT2D eigenvalue weighted by Crippen LogP contribution is -2.55. The number of amides is 4. The van der Waals surface area contributed by atoms with E-state index < -0.39 is 85.0 Å². The van der Waals surface area contributed by atoms with E-state index in [0.29, 0.717) is 43.4 Å². The topological polar surface area (TPSA) is 210 Å². The van der Waals surface area contributed by atoms with Gasteiger partial charge in [-0.15, -0.1) is 0 Å². The largest absolute Gasteiger partial charge is 0.438 e. The van der Waals surface area contributed by atoms with Crippen LogP contribution in [0.2, 0.25) is 0 Å². The summed E-state index contributed by atoms with van der Waals surface area (Å²) in [5, 5.41) is 5.62. The van der Waals surface area contributed by atoms with Crippen LogP contribution in [0.25, 0.3) is 5.57 Å². The molecule has 58 heavy (non-hydrogen) atoms. The molecule has 3 unspecified atom stereocenters. The van der Waals surface area contributed by atoms with Gasteiger partial charge in [0, 0.05) is 30.6 Å². The first-order valence-corrected chi connectivity index (χ1v) is 20.9. The maximum absolute atomic E-state index is 16.0. The predicted molar refractivity (Wildman–Crippen MR) is 211 cm³/mol. The molecule has 1 aromatic rings. The Labute approximate surface area is 340 Å². The molecule has 15 nitrogen and oxygen atoms in total. The minimum absolute atomic E-state index is 0.0980. The third-order valence-corrected chi connectivity index (χ3v) is 11.2. The van der Waals surface area contributed by atoms with E-state index in [4.69, 9.17) is 24.3 Å². The Morgan fingerprint density at radius 2 is 1.47 bits per heavy atom. The molecular formula is C40H61F2N4O11P. The molecule has 0 aliphatic carbocycles. The zero-order chi connectivity index (χ0) is 44.2. The number of halogens is 2. The summed E-state index contributed by atoms with van der Waals surface area (Å²) in [6.45, 7) is 14.2. The van der Waals surface area contributed by atoms with E-state index in [9.17, 15) is 33.3 Å². The Morgan fingerprint density at radius 1 is 0.931 bits per heavy atom. The fourth-order valence-electron chi connectivity index (χ4n) is 5.74. The van der Waals surface area contributed by atoms with Crippen molar-refractivity contribution in [1.29, 1.82) is 0 Å². The fraction of sp³-hybridized carbons (Fsp3) is 0.650. The number of hydrogen-bond donors (Lipinski definition) is 3. The third kappa shape index (κ3) is 14.3. The first-order chi connectivity index (χ1) is 26.7. The van der Waals surface area contributed by atoms with Crippen molar-refractivity contribution in [1.82, 2.24) is 15.5 Å². The van der Waals surface area contributed by atoms with Gasteiger partial charge in [0.1, 0.15) is 12.1 Å². The number of hydrogen-bond acceptors (Lipinski definition) is 11. The summed E-state index contributed by atoms with van der Waals surface area (Å²) >= 11 is 0. The van der Waals surface area contributed by atoms with Gasteiger partial charge in [-0.3, -0.25) is 42.4 Å². The number of allylic oxidation sites excluding steroid dienone is 1. The molecule has 2 rings (SSSR count). The summed E-state index contributed by atoms with van der Waals surface area (Å²) < 4.78 is 65.2. The molecule has 1 aliphatic rings. The second-order valence-corrected chi connectivity index (χ2v) is 18.7. The monoisotopic (exact) mass is 842 g/mol. The van der Waals surface area contributed by atoms with Crippen LogP contribution in [0.4, 0.5) is 8.78 Å². The normalized spacial score (nSPS) is 17.6. The number of rotatable bonds is 20. The lowest BCUT2D eigenvalue weighted by Gasteiger charge is -2.31. The van der Waals surface area contributed by atoms with Crippen LogP contribution < -0.4 is 16.4 Å². The summed E-state index contributed by atoms with van der Waals surface area (Å²) in [6, 6.07) is 2.33. The molecule has 1 aromatic carbocycles. The van der Waals surface area contributed by atoms with Crippen LogP contribution in [0.1, 0.15) is 119 Å². The van der Waals surface area contributed by atoms with E-state index in [0.717, 1.165) is 18.6 Å². The van der Waals surface area contributed by atoms with E-state index in [-0.39, 0.29) is 24.3 Å². The molecule has 0 saturated carbocycles. The lowest BCUT2D eigenvalue weighted by molar-refractivity contribution is -0.163. The molecule has 4 N–H and O–H groups in total. The Bertz CT molecular complexity index is 1670. The van der Waals surface area contributed by atoms with Crippen LogP contribution >= 0.6 is 7.60 Å². The summed E-state index contributed by atoms with van der Waals surface area (Å²) in [4.78, 5) is 77.6. The number of nitrogens with two attached hydrogens (primary N) is 1. The van der Waals surface area contributed by atoms with Gasteiger partial charge in [-0.25, -0.2) is 0 Å². The number of carbonyl (C=O) groups excluding carboxylic acids is 6. The minimum atomic E-state index is -5.54. The Balaban J connectivity index is 2.28. The molecule has 326 valence electrons. The van der Waals surface area contributed by atoms with Crippen LogP contribution in [-0.2, 0) is 57.5 Å². The van der Waals surface area contributed by atoms with Gasteiger partial charge in [-0.1, -0.05) is 51.0 Å². The number of benzene rings is 1. The van der Waals surface area contributed by atoms with Gasteiger partial charge in [0.15, 0.2) is 0 Å². The number of esters is 2. The highest BCUT2D eigenvalue weighted by molar-refractivity contribution is 7.54. The molecule has 1 saturated heterocycles. The fourth-order valence-corrected chi connectivity index (χ4v) is 6.98. The average Bonchev–Trinajstić information content (AvgIpc) is 3.52. The van der Waals surface area contributed by atoms with Crippen molar-refractivity contribution < 1.29 is 60.6 Å². The number of carbonyl (C=O) groups is 6. The second kappa shape index (κ2) is 21.2. The van der Waals surface area contributed by atoms with E-state index in [1.807, 2.05) is 13.8 Å². The molecule has 4 atom stereocenters. The maximum atomic E-state index is 16.0. The Morgan fingerprint density at radius 3 is 1.95 bits per heavy atom. The summed E-state index contributed by atoms with van der Waals surface area (Å²) in [5.74, 6) is -3.68. The van der Waals surface area contributed by atoms with Crippen LogP contribution in [-0.4, -0.2) is 78.7 Å². The Kier molecular flexibility index (Phi) is 18.2. The zero-order valence-electron chi connectivity index (χ0n) is 35.3. The highest BCUT2D eigenvalue weighted by atomic mass is 31.2. The number of nitrogens with one attached hydrogen (secondary N) is 2. The molecule has 4 amide bonds. The smallest absolute Gasteiger partial charge is 0.410 e. The molecule has 18 heteroatoms. The molecule has 0 aromatic heterocycles. The van der Waals surface area contributed by atoms with Crippen molar-refractivity contribution in [3.8, 4) is 0 Å². The van der Waals surface area contributed by atoms with Gasteiger partial charge in [-0.05, 0) is 91.7 Å². The molecule has 1 fully saturated rings. The highest BCUT2D eigenvalue weighted by Gasteiger charge is 2.56. The van der Waals surface area contributed by atoms with Crippen LogP contribution in [0.5, 0.6) is 0 Å². The molecular weight excluding hydrogens is 781 g/mol. The lowest BCUT2D eigenvalue weighted by atomic mass is 9.98. The Hall–Kier alpha value is -4.21. The number of likely N-dealkylation sites (tertiary alicyclic amines) is 1. The van der Waals surface area contributed by atoms with Crippen molar-refractivity contribution in [3.63, 3.8) is 0 Å². The molecule has 0 spiro atoms. The minimum Gasteiger partial charge on any atom is -0.438 e. The SMILES string of the molecule is CCCC[C@H](NC(=O)/C=C(\C)c1ccc(C(F)(F)P(=O)(OCOC(=O)C(C)(C)C)OCOC(=O)C(C)(C)C)cc1)C(=O)N1CCC(C)C1C(=O)NC(C)CCC(N)=O. The molecule has 0 radical (unpaired) electrons. The average molecular weight is 843 g/mol. The van der Waals surface area contributed by atoms with Gasteiger partial charge >= 0.3 is 25.2 Å². The van der Waals surface area contributed by atoms with Crippen LogP contribution in [0.15, 0.2) is 30.3 Å². The van der Waals surface area contributed by atoms with E-state index in [1.54, 1.807) is 13.8 Å². The number of alkyl halides is 2. The quantitative estimate of drug-likeness (QED) is 0.0588. The molecule has 0 bridgehead atoms. The van der Waals surface area contributed by atoms with Gasteiger partial charge < -0.3 is 30.7 Å².